The molecule has 1 aromatic heterocycles. The second-order valence-corrected chi connectivity index (χ2v) is 2.76. The second-order valence-electron chi connectivity index (χ2n) is 2.76. The number of aromatic nitrogens is 1. The summed E-state index contributed by atoms with van der Waals surface area (Å²) in [5.41, 5.74) is 0.465. The van der Waals surface area contributed by atoms with Gasteiger partial charge >= 0.3 is 0 Å². The van der Waals surface area contributed by atoms with Crippen LogP contribution in [0.4, 0.5) is 0 Å². The van der Waals surface area contributed by atoms with Crippen molar-refractivity contribution >= 4 is 12.4 Å². The number of aliphatic hydroxyl groups is 1. The Hall–Kier alpha value is -1.20. The highest BCUT2D eigenvalue weighted by Gasteiger charge is 2.25. The molecule has 0 aliphatic heterocycles. The lowest BCUT2D eigenvalue weighted by Gasteiger charge is -2.11. The van der Waals surface area contributed by atoms with Gasteiger partial charge in [-0.05, 0) is 6.07 Å². The smallest absolute Gasteiger partial charge is 0.240 e. The Labute approximate surface area is 87.3 Å². The van der Waals surface area contributed by atoms with E-state index in [-0.39, 0.29) is 12.4 Å². The summed E-state index contributed by atoms with van der Waals surface area (Å²) in [6.07, 6.45) is 1.88. The Kier molecular flexibility index (Phi) is 5.04. The standard InChI is InChI=1S/C8H10N2O3.ClH/c1-6(10(12)13)8(11)7-3-2-4-9-5-7;/h2-6,8,11H,1H3;1H. The van der Waals surface area contributed by atoms with Gasteiger partial charge in [0.05, 0.1) is 0 Å². The summed E-state index contributed by atoms with van der Waals surface area (Å²) in [5, 5.41) is 19.8. The predicted octanol–water partition coefficient (Wildman–Crippen LogP) is 1.20. The van der Waals surface area contributed by atoms with Crippen molar-refractivity contribution in [3.8, 4) is 0 Å². The molecule has 1 rings (SSSR count). The summed E-state index contributed by atoms with van der Waals surface area (Å²) < 4.78 is 0. The maximum Gasteiger partial charge on any atom is 0.240 e. The molecular weight excluding hydrogens is 208 g/mol. The molecule has 2 unspecified atom stereocenters. The van der Waals surface area contributed by atoms with Crippen molar-refractivity contribution in [1.29, 1.82) is 0 Å². The number of nitrogens with zero attached hydrogens (tertiary/aromatic N) is 2. The van der Waals surface area contributed by atoms with Gasteiger partial charge in [-0.2, -0.15) is 0 Å². The molecule has 0 aliphatic rings. The lowest BCUT2D eigenvalue weighted by Crippen LogP contribution is -2.23. The summed E-state index contributed by atoms with van der Waals surface area (Å²) in [6.45, 7) is 1.36. The first-order chi connectivity index (χ1) is 6.13. The van der Waals surface area contributed by atoms with Crippen molar-refractivity contribution in [3.05, 3.63) is 40.2 Å². The van der Waals surface area contributed by atoms with Crippen molar-refractivity contribution in [3.63, 3.8) is 0 Å². The van der Waals surface area contributed by atoms with Gasteiger partial charge in [-0.15, -0.1) is 12.4 Å². The van der Waals surface area contributed by atoms with Gasteiger partial charge in [0.1, 0.15) is 6.10 Å². The summed E-state index contributed by atoms with van der Waals surface area (Å²) >= 11 is 0. The maximum atomic E-state index is 10.3. The van der Waals surface area contributed by atoms with Gasteiger partial charge in [-0.3, -0.25) is 15.1 Å². The van der Waals surface area contributed by atoms with Crippen LogP contribution in [0.15, 0.2) is 24.5 Å². The fourth-order valence-electron chi connectivity index (χ4n) is 0.945. The van der Waals surface area contributed by atoms with Crippen LogP contribution in [-0.4, -0.2) is 21.1 Å². The van der Waals surface area contributed by atoms with Gasteiger partial charge in [-0.1, -0.05) is 6.07 Å². The minimum atomic E-state index is -1.09. The van der Waals surface area contributed by atoms with Gasteiger partial charge in [-0.25, -0.2) is 0 Å². The van der Waals surface area contributed by atoms with Crippen LogP contribution < -0.4 is 0 Å². The van der Waals surface area contributed by atoms with Crippen LogP contribution in [0.3, 0.4) is 0 Å². The lowest BCUT2D eigenvalue weighted by atomic mass is 10.1. The maximum absolute atomic E-state index is 10.3. The minimum Gasteiger partial charge on any atom is -0.381 e. The molecule has 0 bridgehead atoms. The molecule has 6 heteroatoms. The number of hydrogen-bond acceptors (Lipinski definition) is 4. The first-order valence-electron chi connectivity index (χ1n) is 3.84. The number of aliphatic hydroxyl groups excluding tert-OH is 1. The monoisotopic (exact) mass is 218 g/mol. The molecule has 0 saturated heterocycles. The molecule has 1 aromatic rings. The van der Waals surface area contributed by atoms with Crippen LogP contribution in [0.2, 0.25) is 0 Å². The fraction of sp³-hybridized carbons (Fsp3) is 0.375. The van der Waals surface area contributed by atoms with Crippen molar-refractivity contribution in [2.75, 3.05) is 0 Å². The highest BCUT2D eigenvalue weighted by atomic mass is 35.5. The summed E-state index contributed by atoms with van der Waals surface area (Å²) in [4.78, 5) is 13.6. The number of halogens is 1. The quantitative estimate of drug-likeness (QED) is 0.611. The van der Waals surface area contributed by atoms with E-state index in [0.29, 0.717) is 5.56 Å². The molecule has 1 N–H and O–H groups in total. The number of nitro groups is 1. The molecular formula is C8H11ClN2O3. The Balaban J connectivity index is 0.00000169. The molecule has 0 aliphatic carbocycles. The first-order valence-corrected chi connectivity index (χ1v) is 3.84. The van der Waals surface area contributed by atoms with Gasteiger partial charge in [0.2, 0.25) is 6.04 Å². The molecule has 5 nitrogen and oxygen atoms in total. The molecule has 78 valence electrons. The van der Waals surface area contributed by atoms with Crippen molar-refractivity contribution in [2.24, 2.45) is 0 Å². The average molecular weight is 219 g/mol. The molecule has 0 spiro atoms. The lowest BCUT2D eigenvalue weighted by molar-refractivity contribution is -0.531. The zero-order valence-corrected chi connectivity index (χ0v) is 8.35. The van der Waals surface area contributed by atoms with E-state index in [1.54, 1.807) is 18.3 Å². The number of rotatable bonds is 3. The largest absolute Gasteiger partial charge is 0.381 e. The summed E-state index contributed by atoms with van der Waals surface area (Å²) in [7, 11) is 0. The number of hydrogen-bond donors (Lipinski definition) is 1. The Bertz CT molecular complexity index is 294. The van der Waals surface area contributed by atoms with Gasteiger partial charge in [0.15, 0.2) is 0 Å². The van der Waals surface area contributed by atoms with E-state index in [9.17, 15) is 15.2 Å². The zero-order valence-electron chi connectivity index (χ0n) is 7.53. The van der Waals surface area contributed by atoms with Crippen molar-refractivity contribution in [1.82, 2.24) is 4.98 Å². The SMILES string of the molecule is CC(C(O)c1cccnc1)[N+](=O)[O-].Cl. The van der Waals surface area contributed by atoms with E-state index < -0.39 is 17.1 Å². The van der Waals surface area contributed by atoms with E-state index in [0.717, 1.165) is 0 Å². The summed E-state index contributed by atoms with van der Waals surface area (Å²) in [6, 6.07) is 2.23. The highest BCUT2D eigenvalue weighted by Crippen LogP contribution is 2.16. The Morgan fingerprint density at radius 1 is 1.64 bits per heavy atom. The van der Waals surface area contributed by atoms with Crippen LogP contribution in [0.5, 0.6) is 0 Å². The normalized spacial score (nSPS) is 13.9. The topological polar surface area (TPSA) is 76.3 Å². The highest BCUT2D eigenvalue weighted by molar-refractivity contribution is 5.85. The molecule has 0 fully saturated rings. The molecule has 2 atom stereocenters. The van der Waals surface area contributed by atoms with E-state index in [1.165, 1.54) is 13.1 Å². The van der Waals surface area contributed by atoms with E-state index in [1.807, 2.05) is 0 Å². The third-order valence-corrected chi connectivity index (χ3v) is 1.82. The van der Waals surface area contributed by atoms with Crippen LogP contribution >= 0.6 is 12.4 Å². The van der Waals surface area contributed by atoms with Crippen LogP contribution in [0.25, 0.3) is 0 Å². The zero-order chi connectivity index (χ0) is 9.84. The van der Waals surface area contributed by atoms with E-state index in [2.05, 4.69) is 4.98 Å². The Morgan fingerprint density at radius 3 is 2.71 bits per heavy atom. The van der Waals surface area contributed by atoms with E-state index >= 15 is 0 Å². The van der Waals surface area contributed by atoms with Gasteiger partial charge < -0.3 is 5.11 Å². The summed E-state index contributed by atoms with van der Waals surface area (Å²) in [5.74, 6) is 0. The minimum absolute atomic E-state index is 0. The Morgan fingerprint density at radius 2 is 2.29 bits per heavy atom. The predicted molar refractivity (Wildman–Crippen MR) is 52.9 cm³/mol. The van der Waals surface area contributed by atoms with E-state index in [4.69, 9.17) is 0 Å². The van der Waals surface area contributed by atoms with Crippen LogP contribution in [0.1, 0.15) is 18.6 Å². The molecule has 0 saturated carbocycles. The van der Waals surface area contributed by atoms with Crippen molar-refractivity contribution in [2.45, 2.75) is 19.1 Å². The molecule has 14 heavy (non-hydrogen) atoms. The number of pyridine rings is 1. The molecule has 0 aromatic carbocycles. The second kappa shape index (κ2) is 5.51. The van der Waals surface area contributed by atoms with Gasteiger partial charge in [0.25, 0.3) is 0 Å². The third kappa shape index (κ3) is 2.93. The first kappa shape index (κ1) is 12.8. The third-order valence-electron chi connectivity index (χ3n) is 1.82. The van der Waals surface area contributed by atoms with Crippen LogP contribution in [0, 0.1) is 10.1 Å². The van der Waals surface area contributed by atoms with Crippen LogP contribution in [-0.2, 0) is 0 Å². The molecule has 0 amide bonds. The molecule has 0 radical (unpaired) electrons. The molecule has 1 heterocycles. The van der Waals surface area contributed by atoms with Gasteiger partial charge in [0, 0.05) is 29.8 Å². The van der Waals surface area contributed by atoms with Crippen molar-refractivity contribution < 1.29 is 10.0 Å². The average Bonchev–Trinajstić information content (AvgIpc) is 2.17. The fourth-order valence-corrected chi connectivity index (χ4v) is 0.945.